The van der Waals surface area contributed by atoms with E-state index in [0.29, 0.717) is 40.8 Å². The summed E-state index contributed by atoms with van der Waals surface area (Å²) in [4.78, 5) is 36.4. The largest absolute Gasteiger partial charge is 0.419 e. The molecule has 236 valence electrons. The molecule has 4 rings (SSSR count). The van der Waals surface area contributed by atoms with Gasteiger partial charge in [-0.25, -0.2) is 9.37 Å². The van der Waals surface area contributed by atoms with Gasteiger partial charge in [-0.05, 0) is 88.7 Å². The zero-order valence-electron chi connectivity index (χ0n) is 25.8. The third-order valence-corrected chi connectivity index (χ3v) is 7.83. The summed E-state index contributed by atoms with van der Waals surface area (Å²) in [6, 6.07) is 17.3. The van der Waals surface area contributed by atoms with E-state index in [4.69, 9.17) is 4.98 Å². The molecule has 0 N–H and O–H groups in total. The average molecular weight is 622 g/mol. The Morgan fingerprint density at radius 1 is 0.956 bits per heavy atom. The van der Waals surface area contributed by atoms with Crippen LogP contribution in [0.25, 0.3) is 16.6 Å². The van der Waals surface area contributed by atoms with E-state index in [1.165, 1.54) is 15.5 Å². The SMILES string of the molecule is CC(C)N(CCN(C(=O)Cc1ccc(F)c(C(F)(F)F)c1)[C@H](C)c1nc2ccccc2c(=O)n1-c1ccc(C#N)cc1)C(C)C. The molecular weight excluding hydrogens is 586 g/mol. The molecule has 0 aliphatic rings. The van der Waals surface area contributed by atoms with E-state index in [2.05, 4.69) is 11.0 Å². The van der Waals surface area contributed by atoms with E-state index in [1.54, 1.807) is 55.5 Å². The van der Waals surface area contributed by atoms with Gasteiger partial charge in [0.1, 0.15) is 11.6 Å². The molecule has 11 heteroatoms. The number of hydrogen-bond donors (Lipinski definition) is 0. The molecule has 0 spiro atoms. The van der Waals surface area contributed by atoms with Crippen molar-refractivity contribution in [3.63, 3.8) is 0 Å². The van der Waals surface area contributed by atoms with Gasteiger partial charge in [0.05, 0.1) is 46.2 Å². The Morgan fingerprint density at radius 3 is 2.20 bits per heavy atom. The fourth-order valence-corrected chi connectivity index (χ4v) is 5.55. The van der Waals surface area contributed by atoms with Crippen molar-refractivity contribution in [1.82, 2.24) is 19.4 Å². The van der Waals surface area contributed by atoms with Gasteiger partial charge in [-0.3, -0.25) is 19.1 Å². The fraction of sp³-hybridized carbons (Fsp3) is 0.353. The molecule has 3 aromatic carbocycles. The van der Waals surface area contributed by atoms with Gasteiger partial charge in [0, 0.05) is 25.2 Å². The Morgan fingerprint density at radius 2 is 1.60 bits per heavy atom. The number of halogens is 4. The van der Waals surface area contributed by atoms with Crippen LogP contribution in [0.5, 0.6) is 0 Å². The number of aromatic nitrogens is 2. The molecule has 45 heavy (non-hydrogen) atoms. The van der Waals surface area contributed by atoms with Crippen LogP contribution in [0.4, 0.5) is 17.6 Å². The lowest BCUT2D eigenvalue weighted by Crippen LogP contribution is -2.46. The second-order valence-electron chi connectivity index (χ2n) is 11.5. The molecular formula is C34H35F4N5O2. The quantitative estimate of drug-likeness (QED) is 0.185. The van der Waals surface area contributed by atoms with Crippen LogP contribution in [0, 0.1) is 17.1 Å². The minimum Gasteiger partial charge on any atom is -0.331 e. The van der Waals surface area contributed by atoms with E-state index in [1.807, 2.05) is 27.7 Å². The molecule has 0 radical (unpaired) electrons. The van der Waals surface area contributed by atoms with Gasteiger partial charge in [-0.1, -0.05) is 18.2 Å². The van der Waals surface area contributed by atoms with Crippen LogP contribution < -0.4 is 5.56 Å². The summed E-state index contributed by atoms with van der Waals surface area (Å²) in [5.74, 6) is -1.68. The van der Waals surface area contributed by atoms with Crippen molar-refractivity contribution < 1.29 is 22.4 Å². The fourth-order valence-electron chi connectivity index (χ4n) is 5.55. The van der Waals surface area contributed by atoms with Gasteiger partial charge in [0.15, 0.2) is 0 Å². The number of nitriles is 1. The third kappa shape index (κ3) is 7.40. The summed E-state index contributed by atoms with van der Waals surface area (Å²) in [6.07, 6.45) is -5.34. The van der Waals surface area contributed by atoms with E-state index in [9.17, 15) is 32.4 Å². The maximum absolute atomic E-state index is 14.0. The maximum Gasteiger partial charge on any atom is 0.419 e. The first-order valence-corrected chi connectivity index (χ1v) is 14.7. The monoisotopic (exact) mass is 621 g/mol. The molecule has 0 unspecified atom stereocenters. The van der Waals surface area contributed by atoms with Crippen LogP contribution in [0.2, 0.25) is 0 Å². The Hall–Kier alpha value is -4.56. The normalized spacial score (nSPS) is 12.6. The molecule has 1 aromatic heterocycles. The van der Waals surface area contributed by atoms with Gasteiger partial charge < -0.3 is 4.90 Å². The second kappa shape index (κ2) is 13.6. The van der Waals surface area contributed by atoms with Crippen molar-refractivity contribution in [2.24, 2.45) is 0 Å². The summed E-state index contributed by atoms with van der Waals surface area (Å²) in [5.41, 5.74) is -0.562. The van der Waals surface area contributed by atoms with Crippen LogP contribution in [0.1, 0.15) is 63.2 Å². The smallest absolute Gasteiger partial charge is 0.331 e. The Balaban J connectivity index is 1.84. The number of hydrogen-bond acceptors (Lipinski definition) is 5. The standard InChI is InChI=1S/C34H35F4N5O2/c1-21(2)41(22(3)4)16-17-42(31(44)19-25-12-15-29(35)28(18-25)34(36,37)38)23(5)32-40-30-9-7-6-8-27(30)33(45)43(32)26-13-10-24(20-39)11-14-26/h6-15,18,21-23H,16-17,19H2,1-5H3/t23-/m1/s1. The van der Waals surface area contributed by atoms with Gasteiger partial charge in [0.2, 0.25) is 5.91 Å². The minimum atomic E-state index is -4.92. The number of carbonyl (C=O) groups is 1. The maximum atomic E-state index is 14.0. The van der Waals surface area contributed by atoms with Crippen molar-refractivity contribution in [2.45, 2.75) is 65.3 Å². The number of fused-ring (bicyclic) bond motifs is 1. The summed E-state index contributed by atoms with van der Waals surface area (Å²) in [6.45, 7) is 10.5. The number of carbonyl (C=O) groups excluding carboxylic acids is 1. The van der Waals surface area contributed by atoms with E-state index >= 15 is 0 Å². The number of amides is 1. The summed E-state index contributed by atoms with van der Waals surface area (Å²) >= 11 is 0. The number of rotatable bonds is 10. The van der Waals surface area contributed by atoms with Crippen molar-refractivity contribution >= 4 is 16.8 Å². The Labute approximate surface area is 259 Å². The molecule has 1 heterocycles. The van der Waals surface area contributed by atoms with Gasteiger partial charge in [0.25, 0.3) is 5.56 Å². The van der Waals surface area contributed by atoms with Crippen molar-refractivity contribution in [1.29, 1.82) is 5.26 Å². The predicted octanol–water partition coefficient (Wildman–Crippen LogP) is 6.67. The van der Waals surface area contributed by atoms with Crippen LogP contribution in [-0.4, -0.2) is 50.4 Å². The summed E-state index contributed by atoms with van der Waals surface area (Å²) in [7, 11) is 0. The zero-order valence-corrected chi connectivity index (χ0v) is 25.8. The average Bonchev–Trinajstić information content (AvgIpc) is 2.99. The van der Waals surface area contributed by atoms with Gasteiger partial charge in [-0.2, -0.15) is 18.4 Å². The lowest BCUT2D eigenvalue weighted by molar-refractivity contribution is -0.140. The van der Waals surface area contributed by atoms with Crippen LogP contribution >= 0.6 is 0 Å². The summed E-state index contributed by atoms with van der Waals surface area (Å²) < 4.78 is 55.8. The molecule has 0 saturated carbocycles. The third-order valence-electron chi connectivity index (χ3n) is 7.83. The lowest BCUT2D eigenvalue weighted by Gasteiger charge is -2.36. The first kappa shape index (κ1) is 33.3. The van der Waals surface area contributed by atoms with Crippen LogP contribution in [0.15, 0.2) is 71.5 Å². The lowest BCUT2D eigenvalue weighted by atomic mass is 10.1. The predicted molar refractivity (Wildman–Crippen MR) is 164 cm³/mol. The van der Waals surface area contributed by atoms with Crippen molar-refractivity contribution in [2.75, 3.05) is 13.1 Å². The van der Waals surface area contributed by atoms with E-state index < -0.39 is 35.9 Å². The molecule has 4 aromatic rings. The Kier molecular flexibility index (Phi) is 10.1. The highest BCUT2D eigenvalue weighted by molar-refractivity contribution is 5.80. The number of benzene rings is 3. The van der Waals surface area contributed by atoms with Crippen LogP contribution in [-0.2, 0) is 17.4 Å². The van der Waals surface area contributed by atoms with Crippen molar-refractivity contribution in [3.8, 4) is 11.8 Å². The van der Waals surface area contributed by atoms with E-state index in [-0.39, 0.29) is 35.6 Å². The van der Waals surface area contributed by atoms with E-state index in [0.717, 1.165) is 0 Å². The zero-order chi connectivity index (χ0) is 33.1. The van der Waals surface area contributed by atoms with Gasteiger partial charge >= 0.3 is 6.18 Å². The van der Waals surface area contributed by atoms with Gasteiger partial charge in [-0.15, -0.1) is 0 Å². The van der Waals surface area contributed by atoms with Crippen molar-refractivity contribution in [3.05, 3.63) is 105 Å². The number of alkyl halides is 3. The molecule has 0 bridgehead atoms. The highest BCUT2D eigenvalue weighted by Crippen LogP contribution is 2.32. The van der Waals surface area contributed by atoms with Crippen LogP contribution in [0.3, 0.4) is 0 Å². The highest BCUT2D eigenvalue weighted by Gasteiger charge is 2.35. The highest BCUT2D eigenvalue weighted by atomic mass is 19.4. The first-order chi connectivity index (χ1) is 21.2. The summed E-state index contributed by atoms with van der Waals surface area (Å²) in [5, 5.41) is 9.64. The minimum absolute atomic E-state index is 0.00598. The number of nitrogens with zero attached hydrogens (tertiary/aromatic N) is 5. The number of para-hydroxylation sites is 1. The second-order valence-corrected chi connectivity index (χ2v) is 11.5. The molecule has 1 amide bonds. The topological polar surface area (TPSA) is 82.2 Å². The Bertz CT molecular complexity index is 1770. The molecule has 0 fully saturated rings. The molecule has 0 aliphatic carbocycles. The molecule has 7 nitrogen and oxygen atoms in total. The molecule has 0 saturated heterocycles. The molecule has 1 atom stereocenters. The molecule has 0 aliphatic heterocycles. The first-order valence-electron chi connectivity index (χ1n) is 14.7.